The fraction of sp³-hybridized carbons (Fsp3) is 0.316. The van der Waals surface area contributed by atoms with Crippen molar-refractivity contribution in [2.45, 2.75) is 17.4 Å². The lowest BCUT2D eigenvalue weighted by Crippen LogP contribution is -2.38. The number of rotatable bonds is 8. The smallest absolute Gasteiger partial charge is 0.314 e. The number of aliphatic hydroxyl groups excluding tert-OH is 1. The van der Waals surface area contributed by atoms with Gasteiger partial charge < -0.3 is 20.5 Å². The van der Waals surface area contributed by atoms with Gasteiger partial charge in [0.1, 0.15) is 5.75 Å². The number of ether oxygens (including phenoxy) is 1. The zero-order chi connectivity index (χ0) is 18.1. The molecule has 0 aliphatic rings. The van der Waals surface area contributed by atoms with Crippen LogP contribution in [0, 0.1) is 0 Å². The largest absolute Gasteiger partial charge is 0.497 e. The number of benzene rings is 2. The lowest BCUT2D eigenvalue weighted by atomic mass is 10.1. The van der Waals surface area contributed by atoms with Gasteiger partial charge in [-0.15, -0.1) is 11.8 Å². The molecule has 0 spiro atoms. The summed E-state index contributed by atoms with van der Waals surface area (Å²) in [5, 5.41) is 15.6. The molecule has 0 heterocycles. The Kier molecular flexibility index (Phi) is 7.63. The van der Waals surface area contributed by atoms with E-state index in [4.69, 9.17) is 4.74 Å². The number of methoxy groups -OCH3 is 1. The van der Waals surface area contributed by atoms with Gasteiger partial charge in [0, 0.05) is 18.0 Å². The average Bonchev–Trinajstić information content (AvgIpc) is 2.66. The molecular formula is C19H24N2O3S. The fourth-order valence-corrected chi connectivity index (χ4v) is 2.72. The summed E-state index contributed by atoms with van der Waals surface area (Å²) in [7, 11) is 1.63. The maximum atomic E-state index is 11.8. The van der Waals surface area contributed by atoms with Crippen molar-refractivity contribution in [2.75, 3.05) is 26.5 Å². The highest BCUT2D eigenvalue weighted by Gasteiger charge is 2.09. The molecule has 1 atom stereocenters. The number of nitrogens with one attached hydrogen (secondary N) is 2. The second-order valence-electron chi connectivity index (χ2n) is 5.52. The van der Waals surface area contributed by atoms with Crippen LogP contribution in [0.5, 0.6) is 5.75 Å². The maximum absolute atomic E-state index is 11.8. The molecule has 0 saturated heterocycles. The van der Waals surface area contributed by atoms with E-state index in [1.165, 1.54) is 0 Å². The summed E-state index contributed by atoms with van der Waals surface area (Å²) < 4.78 is 5.11. The van der Waals surface area contributed by atoms with Crippen LogP contribution in [0.2, 0.25) is 0 Å². The molecule has 1 unspecified atom stereocenters. The number of aliphatic hydroxyl groups is 1. The molecule has 134 valence electrons. The fourth-order valence-electron chi connectivity index (χ4n) is 2.31. The molecule has 3 N–H and O–H groups in total. The lowest BCUT2D eigenvalue weighted by molar-refractivity contribution is 0.173. The van der Waals surface area contributed by atoms with E-state index in [0.717, 1.165) is 28.2 Å². The molecule has 0 aliphatic carbocycles. The second-order valence-corrected chi connectivity index (χ2v) is 6.40. The van der Waals surface area contributed by atoms with Gasteiger partial charge in [-0.1, -0.05) is 24.3 Å². The Morgan fingerprint density at radius 3 is 2.40 bits per heavy atom. The third-order valence-electron chi connectivity index (χ3n) is 3.81. The number of amides is 2. The number of hydrogen-bond acceptors (Lipinski definition) is 4. The highest BCUT2D eigenvalue weighted by molar-refractivity contribution is 7.98. The Morgan fingerprint density at radius 1 is 1.12 bits per heavy atom. The minimum absolute atomic E-state index is 0.174. The first kappa shape index (κ1) is 19.1. The van der Waals surface area contributed by atoms with Crippen LogP contribution in [0.25, 0.3) is 0 Å². The highest BCUT2D eigenvalue weighted by Crippen LogP contribution is 2.18. The van der Waals surface area contributed by atoms with Crippen LogP contribution < -0.4 is 15.4 Å². The van der Waals surface area contributed by atoms with Crippen LogP contribution in [0.3, 0.4) is 0 Å². The minimum atomic E-state index is -0.719. The zero-order valence-electron chi connectivity index (χ0n) is 14.5. The molecule has 2 amide bonds. The Labute approximate surface area is 152 Å². The number of urea groups is 1. The molecule has 0 saturated carbocycles. The molecule has 0 fully saturated rings. The molecular weight excluding hydrogens is 336 g/mol. The van der Waals surface area contributed by atoms with Gasteiger partial charge >= 0.3 is 6.03 Å². The van der Waals surface area contributed by atoms with Crippen molar-refractivity contribution in [3.8, 4) is 5.75 Å². The van der Waals surface area contributed by atoms with Crippen molar-refractivity contribution in [3.63, 3.8) is 0 Å². The summed E-state index contributed by atoms with van der Waals surface area (Å²) >= 11 is 1.65. The SMILES string of the molecule is COc1ccc(CCNC(=O)NCC(O)c2ccc(SC)cc2)cc1. The van der Waals surface area contributed by atoms with Crippen LogP contribution in [0.15, 0.2) is 53.4 Å². The summed E-state index contributed by atoms with van der Waals surface area (Å²) in [5.74, 6) is 0.814. The summed E-state index contributed by atoms with van der Waals surface area (Å²) in [6, 6.07) is 15.1. The van der Waals surface area contributed by atoms with Gasteiger partial charge in [0.2, 0.25) is 0 Å². The summed E-state index contributed by atoms with van der Waals surface area (Å²) in [6.45, 7) is 0.698. The van der Waals surface area contributed by atoms with E-state index in [-0.39, 0.29) is 12.6 Å². The van der Waals surface area contributed by atoms with Crippen LogP contribution in [0.4, 0.5) is 4.79 Å². The van der Waals surface area contributed by atoms with Crippen LogP contribution >= 0.6 is 11.8 Å². The Morgan fingerprint density at radius 2 is 1.80 bits per heavy atom. The quantitative estimate of drug-likeness (QED) is 0.633. The topological polar surface area (TPSA) is 70.6 Å². The van der Waals surface area contributed by atoms with Crippen LogP contribution in [-0.4, -0.2) is 37.6 Å². The third kappa shape index (κ3) is 6.32. The maximum Gasteiger partial charge on any atom is 0.314 e. The number of carbonyl (C=O) groups is 1. The number of carbonyl (C=O) groups excluding carboxylic acids is 1. The predicted molar refractivity (Wildman–Crippen MR) is 101 cm³/mol. The van der Waals surface area contributed by atoms with E-state index >= 15 is 0 Å². The predicted octanol–water partition coefficient (Wildman–Crippen LogP) is 2.99. The molecule has 6 heteroatoms. The molecule has 2 aromatic rings. The van der Waals surface area contributed by atoms with Crippen molar-refractivity contribution in [2.24, 2.45) is 0 Å². The summed E-state index contributed by atoms with van der Waals surface area (Å²) in [4.78, 5) is 13.0. The molecule has 2 rings (SSSR count). The monoisotopic (exact) mass is 360 g/mol. The normalized spacial score (nSPS) is 11.6. The van der Waals surface area contributed by atoms with Crippen molar-refractivity contribution in [3.05, 3.63) is 59.7 Å². The second kappa shape index (κ2) is 9.96. The van der Waals surface area contributed by atoms with Crippen molar-refractivity contribution < 1.29 is 14.6 Å². The van der Waals surface area contributed by atoms with Crippen LogP contribution in [-0.2, 0) is 6.42 Å². The first-order valence-electron chi connectivity index (χ1n) is 8.09. The van der Waals surface area contributed by atoms with Crippen LogP contribution in [0.1, 0.15) is 17.2 Å². The van der Waals surface area contributed by atoms with Gasteiger partial charge in [0.25, 0.3) is 0 Å². The van der Waals surface area contributed by atoms with Gasteiger partial charge in [-0.3, -0.25) is 0 Å². The van der Waals surface area contributed by atoms with Gasteiger partial charge in [-0.25, -0.2) is 4.79 Å². The number of hydrogen-bond donors (Lipinski definition) is 3. The van der Waals surface area contributed by atoms with Gasteiger partial charge in [0.05, 0.1) is 13.2 Å². The molecule has 0 aliphatic heterocycles. The first-order valence-corrected chi connectivity index (χ1v) is 9.31. The summed E-state index contributed by atoms with van der Waals surface area (Å²) in [6.07, 6.45) is 2.02. The van der Waals surface area contributed by atoms with Crippen molar-refractivity contribution in [1.82, 2.24) is 10.6 Å². The van der Waals surface area contributed by atoms with E-state index < -0.39 is 6.10 Å². The van der Waals surface area contributed by atoms with E-state index in [1.807, 2.05) is 54.8 Å². The van der Waals surface area contributed by atoms with Crippen molar-refractivity contribution >= 4 is 17.8 Å². The van der Waals surface area contributed by atoms with Gasteiger partial charge in [0.15, 0.2) is 0 Å². The van der Waals surface area contributed by atoms with E-state index in [9.17, 15) is 9.90 Å². The molecule has 0 bridgehead atoms. The average molecular weight is 360 g/mol. The highest BCUT2D eigenvalue weighted by atomic mass is 32.2. The minimum Gasteiger partial charge on any atom is -0.497 e. The Balaban J connectivity index is 1.68. The molecule has 2 aromatic carbocycles. The lowest BCUT2D eigenvalue weighted by Gasteiger charge is -2.13. The molecule has 0 aromatic heterocycles. The molecule has 0 radical (unpaired) electrons. The van der Waals surface area contributed by atoms with Gasteiger partial charge in [-0.2, -0.15) is 0 Å². The van der Waals surface area contributed by atoms with E-state index in [2.05, 4.69) is 10.6 Å². The molecule has 25 heavy (non-hydrogen) atoms. The standard InChI is InChI=1S/C19H24N2O3S/c1-24-16-7-3-14(4-8-16)11-12-20-19(23)21-13-18(22)15-5-9-17(25-2)10-6-15/h3-10,18,22H,11-13H2,1-2H3,(H2,20,21,23). The first-order chi connectivity index (χ1) is 12.1. The van der Waals surface area contributed by atoms with E-state index in [1.54, 1.807) is 18.9 Å². The Hall–Kier alpha value is -2.18. The Bertz CT molecular complexity index is 659. The number of thioether (sulfide) groups is 1. The van der Waals surface area contributed by atoms with Gasteiger partial charge in [-0.05, 0) is 48.1 Å². The van der Waals surface area contributed by atoms with E-state index in [0.29, 0.717) is 6.54 Å². The zero-order valence-corrected chi connectivity index (χ0v) is 15.3. The molecule has 5 nitrogen and oxygen atoms in total. The van der Waals surface area contributed by atoms with Crippen molar-refractivity contribution in [1.29, 1.82) is 0 Å². The third-order valence-corrected chi connectivity index (χ3v) is 4.56. The summed E-state index contributed by atoms with van der Waals surface area (Å²) in [5.41, 5.74) is 1.91.